The highest BCUT2D eigenvalue weighted by Gasteiger charge is 2.28. The van der Waals surface area contributed by atoms with Gasteiger partial charge >= 0.3 is 0 Å². The van der Waals surface area contributed by atoms with Crippen LogP contribution in [-0.2, 0) is 16.6 Å². The van der Waals surface area contributed by atoms with Crippen molar-refractivity contribution in [1.82, 2.24) is 9.21 Å². The summed E-state index contributed by atoms with van der Waals surface area (Å²) in [6, 6.07) is 22.0. The van der Waals surface area contributed by atoms with Crippen molar-refractivity contribution in [2.24, 2.45) is 0 Å². The molecule has 1 fully saturated rings. The number of carbonyl (C=O) groups is 1. The predicted molar refractivity (Wildman–Crippen MR) is 134 cm³/mol. The number of sulfonamides is 1. The lowest BCUT2D eigenvalue weighted by Crippen LogP contribution is -2.48. The molecular formula is C25H26BrN3O3S. The minimum absolute atomic E-state index is 0.158. The molecule has 1 aliphatic rings. The number of halogens is 1. The third-order valence-electron chi connectivity index (χ3n) is 5.69. The molecule has 33 heavy (non-hydrogen) atoms. The summed E-state index contributed by atoms with van der Waals surface area (Å²) in [7, 11) is -3.46. The number of benzene rings is 3. The lowest BCUT2D eigenvalue weighted by Gasteiger charge is -2.34. The van der Waals surface area contributed by atoms with Crippen LogP contribution in [0.15, 0.2) is 82.2 Å². The van der Waals surface area contributed by atoms with Crippen molar-refractivity contribution in [2.75, 3.05) is 31.5 Å². The van der Waals surface area contributed by atoms with Crippen LogP contribution in [-0.4, -0.2) is 49.7 Å². The molecule has 1 aliphatic heterocycles. The maximum atomic E-state index is 12.9. The van der Waals surface area contributed by atoms with Crippen molar-refractivity contribution in [3.8, 4) is 0 Å². The summed E-state index contributed by atoms with van der Waals surface area (Å²) < 4.78 is 28.2. The Morgan fingerprint density at radius 2 is 1.61 bits per heavy atom. The van der Waals surface area contributed by atoms with Crippen LogP contribution in [0.4, 0.5) is 5.69 Å². The second-order valence-electron chi connectivity index (χ2n) is 8.15. The zero-order valence-corrected chi connectivity index (χ0v) is 20.8. The molecule has 8 heteroatoms. The summed E-state index contributed by atoms with van der Waals surface area (Å²) >= 11 is 3.40. The summed E-state index contributed by atoms with van der Waals surface area (Å²) in [5.41, 5.74) is 3.45. The van der Waals surface area contributed by atoms with Gasteiger partial charge < -0.3 is 5.32 Å². The third kappa shape index (κ3) is 5.89. The normalized spacial score (nSPS) is 15.3. The average Bonchev–Trinajstić information content (AvgIpc) is 2.80. The van der Waals surface area contributed by atoms with E-state index in [1.54, 1.807) is 16.4 Å². The molecule has 0 saturated carbocycles. The van der Waals surface area contributed by atoms with E-state index in [4.69, 9.17) is 0 Å². The van der Waals surface area contributed by atoms with E-state index < -0.39 is 10.0 Å². The first-order valence-electron chi connectivity index (χ1n) is 10.8. The zero-order chi connectivity index (χ0) is 23.4. The molecular weight excluding hydrogens is 502 g/mol. The van der Waals surface area contributed by atoms with E-state index in [1.165, 1.54) is 0 Å². The maximum absolute atomic E-state index is 12.9. The van der Waals surface area contributed by atoms with E-state index in [-0.39, 0.29) is 5.91 Å². The van der Waals surface area contributed by atoms with Gasteiger partial charge in [0, 0.05) is 48.4 Å². The number of hydrogen-bond donors (Lipinski definition) is 1. The van der Waals surface area contributed by atoms with E-state index in [1.807, 2.05) is 67.6 Å². The Kier molecular flexibility index (Phi) is 7.29. The molecule has 3 aromatic carbocycles. The fourth-order valence-electron chi connectivity index (χ4n) is 3.78. The topological polar surface area (TPSA) is 69.7 Å². The van der Waals surface area contributed by atoms with Gasteiger partial charge in [-0.3, -0.25) is 9.69 Å². The second-order valence-corrected chi connectivity index (χ2v) is 11.0. The molecule has 0 aliphatic carbocycles. The van der Waals surface area contributed by atoms with Crippen molar-refractivity contribution in [3.05, 3.63) is 94.0 Å². The lowest BCUT2D eigenvalue weighted by molar-refractivity contribution is 0.102. The standard InChI is InChI=1S/C25H26BrN3O3S/c1-19-5-11-24(12-6-19)33(31,32)29-15-13-28(14-16-29)18-20-7-9-21(10-8-20)25(30)27-23-4-2-3-22(26)17-23/h2-12,17H,13-16,18H2,1H3,(H,27,30). The smallest absolute Gasteiger partial charge is 0.255 e. The number of anilines is 1. The summed E-state index contributed by atoms with van der Waals surface area (Å²) in [6.07, 6.45) is 0. The summed E-state index contributed by atoms with van der Waals surface area (Å²) in [6.45, 7) is 4.90. The van der Waals surface area contributed by atoms with Gasteiger partial charge in [0.1, 0.15) is 0 Å². The second kappa shape index (κ2) is 10.2. The first-order valence-corrected chi connectivity index (χ1v) is 13.0. The molecule has 1 N–H and O–H groups in total. The fraction of sp³-hybridized carbons (Fsp3) is 0.240. The first-order chi connectivity index (χ1) is 15.8. The molecule has 172 valence electrons. The number of rotatable bonds is 6. The molecule has 1 amide bonds. The molecule has 4 rings (SSSR count). The van der Waals surface area contributed by atoms with Crippen LogP contribution in [0.5, 0.6) is 0 Å². The van der Waals surface area contributed by atoms with Crippen LogP contribution in [0.25, 0.3) is 0 Å². The molecule has 0 bridgehead atoms. The Labute approximate surface area is 203 Å². The number of aryl methyl sites for hydroxylation is 1. The SMILES string of the molecule is Cc1ccc(S(=O)(=O)N2CCN(Cc3ccc(C(=O)Nc4cccc(Br)c4)cc3)CC2)cc1. The van der Waals surface area contributed by atoms with E-state index in [0.29, 0.717) is 43.2 Å². The van der Waals surface area contributed by atoms with Gasteiger partial charge in [-0.2, -0.15) is 4.31 Å². The first kappa shape index (κ1) is 23.6. The Morgan fingerprint density at radius 3 is 2.24 bits per heavy atom. The van der Waals surface area contributed by atoms with Crippen LogP contribution in [0.3, 0.4) is 0 Å². The van der Waals surface area contributed by atoms with E-state index in [9.17, 15) is 13.2 Å². The molecule has 0 aromatic heterocycles. The molecule has 6 nitrogen and oxygen atoms in total. The van der Waals surface area contributed by atoms with Gasteiger partial charge in [0.2, 0.25) is 10.0 Å². The molecule has 1 heterocycles. The quantitative estimate of drug-likeness (QED) is 0.511. The van der Waals surface area contributed by atoms with Crippen molar-refractivity contribution in [2.45, 2.75) is 18.4 Å². The van der Waals surface area contributed by atoms with Gasteiger partial charge in [-0.05, 0) is 55.0 Å². The van der Waals surface area contributed by atoms with Gasteiger partial charge in [0.05, 0.1) is 4.90 Å². The highest BCUT2D eigenvalue weighted by molar-refractivity contribution is 9.10. The summed E-state index contributed by atoms with van der Waals surface area (Å²) in [5, 5.41) is 2.89. The van der Waals surface area contributed by atoms with Crippen LogP contribution in [0, 0.1) is 6.92 Å². The monoisotopic (exact) mass is 527 g/mol. The lowest BCUT2D eigenvalue weighted by atomic mass is 10.1. The fourth-order valence-corrected chi connectivity index (χ4v) is 5.60. The van der Waals surface area contributed by atoms with E-state index in [2.05, 4.69) is 26.1 Å². The Balaban J connectivity index is 1.31. The van der Waals surface area contributed by atoms with Crippen LogP contribution in [0.2, 0.25) is 0 Å². The number of nitrogens with zero attached hydrogens (tertiary/aromatic N) is 2. The number of hydrogen-bond acceptors (Lipinski definition) is 4. The molecule has 0 unspecified atom stereocenters. The van der Waals surface area contributed by atoms with Crippen molar-refractivity contribution >= 4 is 37.5 Å². The molecule has 0 spiro atoms. The minimum atomic E-state index is -3.46. The number of nitrogens with one attached hydrogen (secondary N) is 1. The molecule has 0 radical (unpaired) electrons. The van der Waals surface area contributed by atoms with Gasteiger partial charge in [0.25, 0.3) is 5.91 Å². The van der Waals surface area contributed by atoms with Crippen molar-refractivity contribution in [1.29, 1.82) is 0 Å². The van der Waals surface area contributed by atoms with Gasteiger partial charge in [0.15, 0.2) is 0 Å². The van der Waals surface area contributed by atoms with Gasteiger partial charge in [-0.15, -0.1) is 0 Å². The van der Waals surface area contributed by atoms with E-state index >= 15 is 0 Å². The Morgan fingerprint density at radius 1 is 0.939 bits per heavy atom. The third-order valence-corrected chi connectivity index (χ3v) is 8.10. The zero-order valence-electron chi connectivity index (χ0n) is 18.4. The highest BCUT2D eigenvalue weighted by atomic mass is 79.9. The molecule has 0 atom stereocenters. The van der Waals surface area contributed by atoms with Crippen molar-refractivity contribution < 1.29 is 13.2 Å². The maximum Gasteiger partial charge on any atom is 0.255 e. The number of carbonyl (C=O) groups excluding carboxylic acids is 1. The Hall–Kier alpha value is -2.52. The molecule has 1 saturated heterocycles. The van der Waals surface area contributed by atoms with E-state index in [0.717, 1.165) is 21.3 Å². The van der Waals surface area contributed by atoms with Gasteiger partial charge in [-0.1, -0.05) is 51.8 Å². The summed E-state index contributed by atoms with van der Waals surface area (Å²) in [5.74, 6) is -0.158. The number of piperazine rings is 1. The highest BCUT2D eigenvalue weighted by Crippen LogP contribution is 2.20. The van der Waals surface area contributed by atoms with Gasteiger partial charge in [-0.25, -0.2) is 8.42 Å². The van der Waals surface area contributed by atoms with Crippen LogP contribution >= 0.6 is 15.9 Å². The largest absolute Gasteiger partial charge is 0.322 e. The van der Waals surface area contributed by atoms with Crippen LogP contribution in [0.1, 0.15) is 21.5 Å². The average molecular weight is 528 g/mol. The Bertz CT molecular complexity index is 1220. The minimum Gasteiger partial charge on any atom is -0.322 e. The predicted octanol–water partition coefficient (Wildman–Crippen LogP) is 4.52. The molecule has 3 aromatic rings. The number of amides is 1. The summed E-state index contributed by atoms with van der Waals surface area (Å²) in [4.78, 5) is 15.1. The van der Waals surface area contributed by atoms with Crippen LogP contribution < -0.4 is 5.32 Å². The van der Waals surface area contributed by atoms with Crippen molar-refractivity contribution in [3.63, 3.8) is 0 Å².